The van der Waals surface area contributed by atoms with Gasteiger partial charge in [0.05, 0.1) is 0 Å². The smallest absolute Gasteiger partial charge is 0.0155 e. The second-order valence-corrected chi connectivity index (χ2v) is 4.58. The van der Waals surface area contributed by atoms with E-state index >= 15 is 0 Å². The Morgan fingerprint density at radius 1 is 1.38 bits per heavy atom. The Kier molecular flexibility index (Phi) is 9.03. The summed E-state index contributed by atoms with van der Waals surface area (Å²) in [5.41, 5.74) is 0. The highest BCUT2D eigenvalue weighted by molar-refractivity contribution is 7.98. The Morgan fingerprint density at radius 2 is 2.08 bits per heavy atom. The zero-order valence-corrected chi connectivity index (χ0v) is 10.3. The molecular weight excluding hydrogens is 180 g/mol. The maximum atomic E-state index is 3.58. The maximum Gasteiger partial charge on any atom is 0.0155 e. The molecule has 0 fully saturated rings. The molecule has 0 spiro atoms. The second-order valence-electron chi connectivity index (χ2n) is 3.67. The summed E-state index contributed by atoms with van der Waals surface area (Å²) < 4.78 is 0. The van der Waals surface area contributed by atoms with Crippen LogP contribution in [0.5, 0.6) is 0 Å². The van der Waals surface area contributed by atoms with E-state index in [1.54, 1.807) is 0 Å². The molecule has 2 nitrogen and oxygen atoms in total. The topological polar surface area (TPSA) is 15.3 Å². The molecule has 0 aliphatic heterocycles. The van der Waals surface area contributed by atoms with Gasteiger partial charge in [-0.2, -0.15) is 11.8 Å². The van der Waals surface area contributed by atoms with Gasteiger partial charge in [-0.05, 0) is 46.3 Å². The lowest BCUT2D eigenvalue weighted by atomic mass is 10.2. The Hall–Kier alpha value is 0.270. The largest absolute Gasteiger partial charge is 0.313 e. The predicted octanol–water partition coefficient (Wildman–Crippen LogP) is 1.67. The van der Waals surface area contributed by atoms with E-state index in [0.29, 0.717) is 6.04 Å². The summed E-state index contributed by atoms with van der Waals surface area (Å²) in [4.78, 5) is 2.23. The molecule has 0 bridgehead atoms. The highest BCUT2D eigenvalue weighted by atomic mass is 32.2. The van der Waals surface area contributed by atoms with E-state index in [2.05, 4.69) is 37.5 Å². The van der Waals surface area contributed by atoms with Crippen LogP contribution in [0, 0.1) is 0 Å². The van der Waals surface area contributed by atoms with Gasteiger partial charge >= 0.3 is 0 Å². The summed E-state index contributed by atoms with van der Waals surface area (Å²) in [5, 5.41) is 3.58. The van der Waals surface area contributed by atoms with Gasteiger partial charge in [-0.1, -0.05) is 6.92 Å². The standard InChI is InChI=1S/C10H24N2S/c1-5-10(9-13-4)11-7-6-8-12(2)3/h10-11H,5-9H2,1-4H3. The van der Waals surface area contributed by atoms with Gasteiger partial charge in [-0.3, -0.25) is 0 Å². The van der Waals surface area contributed by atoms with Crippen LogP contribution in [0.4, 0.5) is 0 Å². The van der Waals surface area contributed by atoms with Crippen molar-refractivity contribution in [2.45, 2.75) is 25.8 Å². The molecule has 1 atom stereocenters. The number of hydrogen-bond acceptors (Lipinski definition) is 3. The zero-order chi connectivity index (χ0) is 10.1. The molecule has 0 aromatic heterocycles. The third-order valence-electron chi connectivity index (χ3n) is 2.08. The van der Waals surface area contributed by atoms with Crippen molar-refractivity contribution < 1.29 is 0 Å². The van der Waals surface area contributed by atoms with E-state index < -0.39 is 0 Å². The van der Waals surface area contributed by atoms with Crippen molar-refractivity contribution >= 4 is 11.8 Å². The number of rotatable bonds is 8. The van der Waals surface area contributed by atoms with Gasteiger partial charge in [0.15, 0.2) is 0 Å². The van der Waals surface area contributed by atoms with E-state index in [1.165, 1.54) is 25.1 Å². The van der Waals surface area contributed by atoms with Gasteiger partial charge in [-0.15, -0.1) is 0 Å². The predicted molar refractivity (Wildman–Crippen MR) is 63.6 cm³/mol. The lowest BCUT2D eigenvalue weighted by Gasteiger charge is -2.16. The minimum Gasteiger partial charge on any atom is -0.313 e. The molecule has 3 heteroatoms. The van der Waals surface area contributed by atoms with Crippen LogP contribution in [0.1, 0.15) is 19.8 Å². The first-order valence-electron chi connectivity index (χ1n) is 5.07. The molecule has 80 valence electrons. The van der Waals surface area contributed by atoms with E-state index in [1.807, 2.05) is 11.8 Å². The molecule has 0 aliphatic carbocycles. The molecule has 1 N–H and O–H groups in total. The van der Waals surface area contributed by atoms with Crippen molar-refractivity contribution in [3.8, 4) is 0 Å². The number of nitrogens with one attached hydrogen (secondary N) is 1. The average molecular weight is 204 g/mol. The van der Waals surface area contributed by atoms with Gasteiger partial charge in [0, 0.05) is 11.8 Å². The molecule has 0 saturated carbocycles. The van der Waals surface area contributed by atoms with Crippen LogP contribution in [0.2, 0.25) is 0 Å². The van der Waals surface area contributed by atoms with Gasteiger partial charge in [0.25, 0.3) is 0 Å². The van der Waals surface area contributed by atoms with Gasteiger partial charge < -0.3 is 10.2 Å². The molecule has 0 saturated heterocycles. The molecule has 1 unspecified atom stereocenters. The summed E-state index contributed by atoms with van der Waals surface area (Å²) in [7, 11) is 4.25. The lowest BCUT2D eigenvalue weighted by Crippen LogP contribution is -2.32. The molecule has 0 amide bonds. The lowest BCUT2D eigenvalue weighted by molar-refractivity contribution is 0.387. The molecular formula is C10H24N2S. The SMILES string of the molecule is CCC(CSC)NCCCN(C)C. The molecule has 0 radical (unpaired) electrons. The van der Waals surface area contributed by atoms with Gasteiger partial charge in [0.1, 0.15) is 0 Å². The van der Waals surface area contributed by atoms with Gasteiger partial charge in [0.2, 0.25) is 0 Å². The number of thioether (sulfide) groups is 1. The highest BCUT2D eigenvalue weighted by Crippen LogP contribution is 2.00. The van der Waals surface area contributed by atoms with Crippen molar-refractivity contribution in [3.05, 3.63) is 0 Å². The third kappa shape index (κ3) is 8.60. The minimum atomic E-state index is 0.706. The number of hydrogen-bond donors (Lipinski definition) is 1. The molecule has 0 rings (SSSR count). The monoisotopic (exact) mass is 204 g/mol. The van der Waals surface area contributed by atoms with Crippen molar-refractivity contribution in [2.75, 3.05) is 39.2 Å². The van der Waals surface area contributed by atoms with E-state index in [-0.39, 0.29) is 0 Å². The van der Waals surface area contributed by atoms with Crippen LogP contribution in [-0.2, 0) is 0 Å². The van der Waals surface area contributed by atoms with E-state index in [4.69, 9.17) is 0 Å². The molecule has 0 aliphatic rings. The van der Waals surface area contributed by atoms with Crippen LogP contribution in [0.3, 0.4) is 0 Å². The summed E-state index contributed by atoms with van der Waals surface area (Å²) in [6.07, 6.45) is 4.66. The first-order valence-corrected chi connectivity index (χ1v) is 6.47. The Morgan fingerprint density at radius 3 is 2.54 bits per heavy atom. The zero-order valence-electron chi connectivity index (χ0n) is 9.47. The van der Waals surface area contributed by atoms with Crippen LogP contribution in [-0.4, -0.2) is 50.1 Å². The first kappa shape index (κ1) is 13.3. The fourth-order valence-electron chi connectivity index (χ4n) is 1.22. The van der Waals surface area contributed by atoms with Crippen molar-refractivity contribution in [1.29, 1.82) is 0 Å². The molecule has 0 heterocycles. The van der Waals surface area contributed by atoms with Crippen molar-refractivity contribution in [1.82, 2.24) is 10.2 Å². The molecule has 0 aromatic rings. The average Bonchev–Trinajstić information content (AvgIpc) is 2.10. The first-order chi connectivity index (χ1) is 6.20. The summed E-state index contributed by atoms with van der Waals surface area (Å²) in [6, 6.07) is 0.706. The number of nitrogens with zero attached hydrogens (tertiary/aromatic N) is 1. The normalized spacial score (nSPS) is 13.6. The quantitative estimate of drug-likeness (QED) is 0.606. The Balaban J connectivity index is 3.27. The summed E-state index contributed by atoms with van der Waals surface area (Å²) >= 11 is 1.93. The van der Waals surface area contributed by atoms with Crippen LogP contribution < -0.4 is 5.32 Å². The third-order valence-corrected chi connectivity index (χ3v) is 2.81. The highest BCUT2D eigenvalue weighted by Gasteiger charge is 2.02. The van der Waals surface area contributed by atoms with Crippen LogP contribution in [0.25, 0.3) is 0 Å². The fraction of sp³-hybridized carbons (Fsp3) is 1.00. The summed E-state index contributed by atoms with van der Waals surface area (Å²) in [5.74, 6) is 1.23. The Labute approximate surface area is 87.5 Å². The second kappa shape index (κ2) is 8.85. The molecule has 0 aromatic carbocycles. The van der Waals surface area contributed by atoms with Crippen molar-refractivity contribution in [3.63, 3.8) is 0 Å². The maximum absolute atomic E-state index is 3.58. The van der Waals surface area contributed by atoms with Gasteiger partial charge in [-0.25, -0.2) is 0 Å². The van der Waals surface area contributed by atoms with E-state index in [9.17, 15) is 0 Å². The minimum absolute atomic E-state index is 0.706. The van der Waals surface area contributed by atoms with Crippen LogP contribution >= 0.6 is 11.8 Å². The molecule has 13 heavy (non-hydrogen) atoms. The van der Waals surface area contributed by atoms with Crippen LogP contribution in [0.15, 0.2) is 0 Å². The van der Waals surface area contributed by atoms with E-state index in [0.717, 1.165) is 6.54 Å². The van der Waals surface area contributed by atoms with Crippen molar-refractivity contribution in [2.24, 2.45) is 0 Å². The summed E-state index contributed by atoms with van der Waals surface area (Å²) in [6.45, 7) is 4.58. The Bertz CT molecular complexity index is 107. The fourth-order valence-corrected chi connectivity index (χ4v) is 1.98.